The van der Waals surface area contributed by atoms with Crippen molar-refractivity contribution in [2.24, 2.45) is 0 Å². The zero-order chi connectivity index (χ0) is 17.9. The second kappa shape index (κ2) is 7.20. The molecule has 134 valence electrons. The number of methoxy groups -OCH3 is 1. The summed E-state index contributed by atoms with van der Waals surface area (Å²) >= 11 is 0. The molecule has 3 rings (SSSR count). The molecule has 0 amide bonds. The van der Waals surface area contributed by atoms with Gasteiger partial charge in [-0.25, -0.2) is 13.1 Å². The van der Waals surface area contributed by atoms with Crippen LogP contribution in [0.3, 0.4) is 0 Å². The fourth-order valence-corrected chi connectivity index (χ4v) is 3.65. The van der Waals surface area contributed by atoms with Gasteiger partial charge in [-0.05, 0) is 36.8 Å². The first-order valence-electron chi connectivity index (χ1n) is 7.66. The van der Waals surface area contributed by atoms with Gasteiger partial charge in [0.05, 0.1) is 7.11 Å². The van der Waals surface area contributed by atoms with E-state index in [0.29, 0.717) is 23.0 Å². The van der Waals surface area contributed by atoms with Gasteiger partial charge >= 0.3 is 0 Å². The van der Waals surface area contributed by atoms with Gasteiger partial charge in [0.2, 0.25) is 16.8 Å². The van der Waals surface area contributed by atoms with Crippen molar-refractivity contribution in [1.82, 2.24) is 4.72 Å². The van der Waals surface area contributed by atoms with Crippen LogP contribution in [0.2, 0.25) is 0 Å². The van der Waals surface area contributed by atoms with Gasteiger partial charge in [0.25, 0.3) is 0 Å². The molecule has 7 nitrogen and oxygen atoms in total. The first-order valence-corrected chi connectivity index (χ1v) is 9.15. The topological polar surface area (TPSA) is 83.1 Å². The highest BCUT2D eigenvalue weighted by Gasteiger charge is 2.19. The second-order valence-corrected chi connectivity index (χ2v) is 7.15. The van der Waals surface area contributed by atoms with E-state index in [4.69, 9.17) is 18.9 Å². The summed E-state index contributed by atoms with van der Waals surface area (Å²) in [6, 6.07) is 10.2. The summed E-state index contributed by atoms with van der Waals surface area (Å²) in [5.41, 5.74) is 0.831. The Kier molecular flexibility index (Phi) is 5.00. The molecule has 25 heavy (non-hydrogen) atoms. The average Bonchev–Trinajstić information content (AvgIpc) is 3.06. The summed E-state index contributed by atoms with van der Waals surface area (Å²) in [6.07, 6.45) is 0. The SMILES string of the molecule is COc1ccc(C)cc1S(=O)(=O)NCCOc1ccc2c(c1)OCO2. The fraction of sp³-hybridized carbons (Fsp3) is 0.294. The average molecular weight is 365 g/mol. The molecule has 0 fully saturated rings. The van der Waals surface area contributed by atoms with Crippen molar-refractivity contribution in [2.75, 3.05) is 27.1 Å². The predicted octanol–water partition coefficient (Wildman–Crippen LogP) is 2.09. The maximum atomic E-state index is 12.4. The van der Waals surface area contributed by atoms with E-state index in [1.807, 2.05) is 6.92 Å². The van der Waals surface area contributed by atoms with Crippen LogP contribution in [0, 0.1) is 6.92 Å². The van der Waals surface area contributed by atoms with Crippen molar-refractivity contribution in [3.8, 4) is 23.0 Å². The molecule has 0 saturated carbocycles. The number of fused-ring (bicyclic) bond motifs is 1. The van der Waals surface area contributed by atoms with Gasteiger partial charge in [0.15, 0.2) is 11.5 Å². The van der Waals surface area contributed by atoms with Crippen molar-refractivity contribution >= 4 is 10.0 Å². The van der Waals surface area contributed by atoms with Crippen molar-refractivity contribution < 1.29 is 27.4 Å². The monoisotopic (exact) mass is 365 g/mol. The first kappa shape index (κ1) is 17.4. The van der Waals surface area contributed by atoms with Gasteiger partial charge in [0, 0.05) is 12.6 Å². The van der Waals surface area contributed by atoms with Gasteiger partial charge in [-0.2, -0.15) is 0 Å². The number of sulfonamides is 1. The molecule has 1 heterocycles. The number of hydrogen-bond acceptors (Lipinski definition) is 6. The second-order valence-electron chi connectivity index (χ2n) is 5.42. The molecule has 2 aromatic carbocycles. The van der Waals surface area contributed by atoms with Gasteiger partial charge in [-0.15, -0.1) is 0 Å². The molecule has 8 heteroatoms. The number of hydrogen-bond donors (Lipinski definition) is 1. The number of nitrogens with one attached hydrogen (secondary N) is 1. The van der Waals surface area contributed by atoms with Crippen LogP contribution in [0.1, 0.15) is 5.56 Å². The van der Waals surface area contributed by atoms with E-state index in [-0.39, 0.29) is 24.8 Å². The third kappa shape index (κ3) is 3.97. The van der Waals surface area contributed by atoms with Crippen LogP contribution in [0.4, 0.5) is 0 Å². The molecule has 0 aromatic heterocycles. The number of aryl methyl sites for hydroxylation is 1. The molecule has 1 aliphatic heterocycles. The smallest absolute Gasteiger partial charge is 0.244 e. The highest BCUT2D eigenvalue weighted by Crippen LogP contribution is 2.35. The number of benzene rings is 2. The Hall–Kier alpha value is -2.45. The van der Waals surface area contributed by atoms with E-state index in [1.54, 1.807) is 36.4 Å². The normalized spacial score (nSPS) is 12.9. The number of ether oxygens (including phenoxy) is 4. The fourth-order valence-electron chi connectivity index (χ4n) is 2.38. The van der Waals surface area contributed by atoms with Crippen LogP contribution in [0.25, 0.3) is 0 Å². The molecule has 1 N–H and O–H groups in total. The minimum atomic E-state index is -3.69. The van der Waals surface area contributed by atoms with Crippen LogP contribution in [-0.2, 0) is 10.0 Å². The molecule has 0 radical (unpaired) electrons. The van der Waals surface area contributed by atoms with Crippen LogP contribution >= 0.6 is 0 Å². The summed E-state index contributed by atoms with van der Waals surface area (Å²) in [7, 11) is -2.25. The van der Waals surface area contributed by atoms with Crippen molar-refractivity contribution in [3.05, 3.63) is 42.0 Å². The van der Waals surface area contributed by atoms with E-state index in [9.17, 15) is 8.42 Å². The summed E-state index contributed by atoms with van der Waals surface area (Å²) in [4.78, 5) is 0.109. The summed E-state index contributed by atoms with van der Waals surface area (Å²) < 4.78 is 48.6. The Bertz CT molecular complexity index is 865. The molecule has 0 spiro atoms. The lowest BCUT2D eigenvalue weighted by Gasteiger charge is -2.12. The molecule has 0 bridgehead atoms. The van der Waals surface area contributed by atoms with E-state index in [1.165, 1.54) is 7.11 Å². The maximum Gasteiger partial charge on any atom is 0.244 e. The largest absolute Gasteiger partial charge is 0.495 e. The minimum absolute atomic E-state index is 0.109. The van der Waals surface area contributed by atoms with Crippen LogP contribution < -0.4 is 23.7 Å². The summed E-state index contributed by atoms with van der Waals surface area (Å²) in [5.74, 6) is 2.16. The summed E-state index contributed by atoms with van der Waals surface area (Å²) in [5, 5.41) is 0. The Labute approximate surface area is 146 Å². The quantitative estimate of drug-likeness (QED) is 0.757. The van der Waals surface area contributed by atoms with Crippen LogP contribution in [0.15, 0.2) is 41.3 Å². The van der Waals surface area contributed by atoms with Crippen molar-refractivity contribution in [1.29, 1.82) is 0 Å². The van der Waals surface area contributed by atoms with Gasteiger partial charge in [-0.3, -0.25) is 0 Å². The third-order valence-electron chi connectivity index (χ3n) is 3.62. The lowest BCUT2D eigenvalue weighted by atomic mass is 10.2. The molecule has 0 saturated heterocycles. The molecule has 2 aromatic rings. The van der Waals surface area contributed by atoms with E-state index in [0.717, 1.165) is 5.56 Å². The Balaban J connectivity index is 1.59. The van der Waals surface area contributed by atoms with Crippen molar-refractivity contribution in [2.45, 2.75) is 11.8 Å². The zero-order valence-electron chi connectivity index (χ0n) is 13.9. The molecule has 0 atom stereocenters. The van der Waals surface area contributed by atoms with Crippen molar-refractivity contribution in [3.63, 3.8) is 0 Å². The Morgan fingerprint density at radius 3 is 2.72 bits per heavy atom. The predicted molar refractivity (Wildman–Crippen MR) is 91.0 cm³/mol. The van der Waals surface area contributed by atoms with Gasteiger partial charge in [-0.1, -0.05) is 6.07 Å². The lowest BCUT2D eigenvalue weighted by molar-refractivity contribution is 0.173. The first-order chi connectivity index (χ1) is 12.0. The highest BCUT2D eigenvalue weighted by atomic mass is 32.2. The zero-order valence-corrected chi connectivity index (χ0v) is 14.8. The van der Waals surface area contributed by atoms with Gasteiger partial charge in [0.1, 0.15) is 23.0 Å². The van der Waals surface area contributed by atoms with Crippen LogP contribution in [0.5, 0.6) is 23.0 Å². The van der Waals surface area contributed by atoms with E-state index < -0.39 is 10.0 Å². The molecule has 1 aliphatic rings. The third-order valence-corrected chi connectivity index (χ3v) is 5.10. The van der Waals surface area contributed by atoms with Gasteiger partial charge < -0.3 is 18.9 Å². The minimum Gasteiger partial charge on any atom is -0.495 e. The molecule has 0 aliphatic carbocycles. The van der Waals surface area contributed by atoms with E-state index >= 15 is 0 Å². The van der Waals surface area contributed by atoms with E-state index in [2.05, 4.69) is 4.72 Å². The lowest BCUT2D eigenvalue weighted by Crippen LogP contribution is -2.28. The highest BCUT2D eigenvalue weighted by molar-refractivity contribution is 7.89. The molecular formula is C17H19NO6S. The standard InChI is InChI=1S/C17H19NO6S/c1-12-3-5-15(21-2)17(9-12)25(19,20)18-7-8-22-13-4-6-14-16(10-13)24-11-23-14/h3-6,9-10,18H,7-8,11H2,1-2H3. The summed E-state index contributed by atoms with van der Waals surface area (Å²) in [6.45, 7) is 2.30. The molecular weight excluding hydrogens is 346 g/mol. The number of rotatable bonds is 7. The van der Waals surface area contributed by atoms with Crippen LogP contribution in [-0.4, -0.2) is 35.5 Å². The maximum absolute atomic E-state index is 12.4. The molecule has 0 unspecified atom stereocenters. The Morgan fingerprint density at radius 1 is 1.12 bits per heavy atom. The Morgan fingerprint density at radius 2 is 1.92 bits per heavy atom.